The summed E-state index contributed by atoms with van der Waals surface area (Å²) >= 11 is 6.09. The van der Waals surface area contributed by atoms with Crippen molar-refractivity contribution in [3.8, 4) is 5.75 Å². The van der Waals surface area contributed by atoms with E-state index in [0.717, 1.165) is 21.9 Å². The van der Waals surface area contributed by atoms with Crippen LogP contribution in [0.1, 0.15) is 23.6 Å². The van der Waals surface area contributed by atoms with Crippen molar-refractivity contribution in [2.75, 3.05) is 13.2 Å². The van der Waals surface area contributed by atoms with E-state index in [1.165, 1.54) is 16.7 Å². The average Bonchev–Trinajstić information content (AvgIpc) is 2.69. The summed E-state index contributed by atoms with van der Waals surface area (Å²) in [7, 11) is 0. The lowest BCUT2D eigenvalue weighted by Gasteiger charge is -2.15. The van der Waals surface area contributed by atoms with Gasteiger partial charge in [0.2, 0.25) is 0 Å². The maximum atomic E-state index is 6.09. The summed E-state index contributed by atoms with van der Waals surface area (Å²) in [5.74, 6) is 0.826. The Labute approximate surface area is 159 Å². The molecule has 2 nitrogen and oxygen atoms in total. The zero-order valence-corrected chi connectivity index (χ0v) is 15.5. The molecule has 3 rings (SSSR count). The van der Waals surface area contributed by atoms with Crippen LogP contribution in [0.2, 0.25) is 5.02 Å². The molecule has 3 aromatic carbocycles. The van der Waals surface area contributed by atoms with E-state index in [4.69, 9.17) is 22.1 Å². The van der Waals surface area contributed by atoms with Gasteiger partial charge in [-0.2, -0.15) is 0 Å². The van der Waals surface area contributed by atoms with Crippen molar-refractivity contribution in [3.05, 3.63) is 101 Å². The Morgan fingerprint density at radius 1 is 0.808 bits per heavy atom. The fourth-order valence-corrected chi connectivity index (χ4v) is 3.07. The molecular weight excluding hydrogens is 342 g/mol. The van der Waals surface area contributed by atoms with Gasteiger partial charge in [-0.1, -0.05) is 66.2 Å². The first-order valence-electron chi connectivity index (χ1n) is 8.64. The van der Waals surface area contributed by atoms with Gasteiger partial charge in [-0.25, -0.2) is 0 Å². The lowest BCUT2D eigenvalue weighted by Crippen LogP contribution is -2.10. The molecule has 0 saturated heterocycles. The van der Waals surface area contributed by atoms with Crippen LogP contribution in [0.4, 0.5) is 0 Å². The Balaban J connectivity index is 2.07. The first-order chi connectivity index (χ1) is 12.7. The fraction of sp³-hybridized carbons (Fsp3) is 0.130. The number of benzene rings is 3. The summed E-state index contributed by atoms with van der Waals surface area (Å²) in [5, 5.41) is 0.732. The Morgan fingerprint density at radius 2 is 1.38 bits per heavy atom. The molecule has 0 bridgehead atoms. The number of nitrogens with two attached hydrogens (primary N) is 1. The van der Waals surface area contributed by atoms with Crippen molar-refractivity contribution in [1.29, 1.82) is 0 Å². The zero-order chi connectivity index (χ0) is 18.4. The van der Waals surface area contributed by atoms with Crippen LogP contribution in [0.15, 0.2) is 78.9 Å². The summed E-state index contributed by atoms with van der Waals surface area (Å²) < 4.78 is 5.60. The number of halogens is 1. The quantitative estimate of drug-likeness (QED) is 0.574. The third-order valence-corrected chi connectivity index (χ3v) is 4.50. The van der Waals surface area contributed by atoms with E-state index in [2.05, 4.69) is 55.5 Å². The predicted molar refractivity (Wildman–Crippen MR) is 110 cm³/mol. The van der Waals surface area contributed by atoms with Crippen LogP contribution >= 0.6 is 11.6 Å². The standard InChI is InChI=1S/C23H22ClNO/c1-17(18-5-3-2-4-6-18)23(19-7-11-21(24)12-8-19)20-9-13-22(14-10-20)26-16-15-25/h2-14H,15-16,25H2,1H3/b23-17+. The van der Waals surface area contributed by atoms with Crippen LogP contribution in [0.3, 0.4) is 0 Å². The van der Waals surface area contributed by atoms with E-state index < -0.39 is 0 Å². The second kappa shape index (κ2) is 8.70. The van der Waals surface area contributed by atoms with Crippen molar-refractivity contribution < 1.29 is 4.74 Å². The van der Waals surface area contributed by atoms with Gasteiger partial charge < -0.3 is 10.5 Å². The molecule has 132 valence electrons. The number of hydrogen-bond donors (Lipinski definition) is 1. The van der Waals surface area contributed by atoms with E-state index in [1.807, 2.05) is 30.3 Å². The molecule has 0 amide bonds. The maximum absolute atomic E-state index is 6.09. The third kappa shape index (κ3) is 4.34. The first-order valence-corrected chi connectivity index (χ1v) is 9.02. The highest BCUT2D eigenvalue weighted by molar-refractivity contribution is 6.30. The van der Waals surface area contributed by atoms with Crippen LogP contribution in [-0.2, 0) is 0 Å². The summed E-state index contributed by atoms with van der Waals surface area (Å²) in [6, 6.07) is 26.5. The molecule has 0 radical (unpaired) electrons. The minimum Gasteiger partial charge on any atom is -0.492 e. The van der Waals surface area contributed by atoms with Gasteiger partial charge in [-0.05, 0) is 59.0 Å². The van der Waals surface area contributed by atoms with E-state index in [9.17, 15) is 0 Å². The molecule has 0 unspecified atom stereocenters. The van der Waals surface area contributed by atoms with E-state index in [0.29, 0.717) is 13.2 Å². The molecule has 0 saturated carbocycles. The van der Waals surface area contributed by atoms with Crippen LogP contribution in [0.5, 0.6) is 5.75 Å². The second-order valence-electron chi connectivity index (χ2n) is 6.03. The SMILES string of the molecule is C/C(=C(/c1ccc(Cl)cc1)c1ccc(OCCN)cc1)c1ccccc1. The van der Waals surface area contributed by atoms with Gasteiger partial charge in [-0.3, -0.25) is 0 Å². The largest absolute Gasteiger partial charge is 0.492 e. The maximum Gasteiger partial charge on any atom is 0.119 e. The number of hydrogen-bond acceptors (Lipinski definition) is 2. The molecule has 26 heavy (non-hydrogen) atoms. The monoisotopic (exact) mass is 363 g/mol. The highest BCUT2D eigenvalue weighted by Crippen LogP contribution is 2.33. The Hall–Kier alpha value is -2.55. The third-order valence-electron chi connectivity index (χ3n) is 4.24. The van der Waals surface area contributed by atoms with E-state index >= 15 is 0 Å². The molecule has 0 fully saturated rings. The second-order valence-corrected chi connectivity index (χ2v) is 6.47. The molecule has 0 aliphatic rings. The molecule has 0 heterocycles. The number of rotatable bonds is 6. The Morgan fingerprint density at radius 3 is 1.96 bits per heavy atom. The Kier molecular flexibility index (Phi) is 6.11. The molecule has 0 atom stereocenters. The smallest absolute Gasteiger partial charge is 0.119 e. The molecule has 0 aliphatic carbocycles. The van der Waals surface area contributed by atoms with Crippen LogP contribution in [-0.4, -0.2) is 13.2 Å². The summed E-state index contributed by atoms with van der Waals surface area (Å²) in [6.07, 6.45) is 0. The topological polar surface area (TPSA) is 35.2 Å². The van der Waals surface area contributed by atoms with Gasteiger partial charge in [0.15, 0.2) is 0 Å². The molecule has 2 N–H and O–H groups in total. The van der Waals surface area contributed by atoms with Gasteiger partial charge in [-0.15, -0.1) is 0 Å². The normalized spacial score (nSPS) is 11.8. The van der Waals surface area contributed by atoms with Crippen LogP contribution < -0.4 is 10.5 Å². The molecule has 3 aromatic rings. The van der Waals surface area contributed by atoms with Gasteiger partial charge in [0, 0.05) is 11.6 Å². The van der Waals surface area contributed by atoms with Crippen molar-refractivity contribution >= 4 is 22.7 Å². The van der Waals surface area contributed by atoms with E-state index in [1.54, 1.807) is 0 Å². The first kappa shape index (κ1) is 18.2. The summed E-state index contributed by atoms with van der Waals surface area (Å²) in [5.41, 5.74) is 11.4. The van der Waals surface area contributed by atoms with Crippen molar-refractivity contribution in [3.63, 3.8) is 0 Å². The molecule has 0 spiro atoms. The minimum absolute atomic E-state index is 0.505. The van der Waals surface area contributed by atoms with Gasteiger partial charge in [0.05, 0.1) is 0 Å². The molecular formula is C23H22ClNO. The van der Waals surface area contributed by atoms with Gasteiger partial charge in [0.25, 0.3) is 0 Å². The van der Waals surface area contributed by atoms with Crippen LogP contribution in [0, 0.1) is 0 Å². The Bertz CT molecular complexity index is 868. The van der Waals surface area contributed by atoms with Crippen LogP contribution in [0.25, 0.3) is 11.1 Å². The molecule has 3 heteroatoms. The predicted octanol–water partition coefficient (Wildman–Crippen LogP) is 5.66. The zero-order valence-electron chi connectivity index (χ0n) is 14.8. The lowest BCUT2D eigenvalue weighted by atomic mass is 9.90. The van der Waals surface area contributed by atoms with Crippen molar-refractivity contribution in [2.45, 2.75) is 6.92 Å². The molecule has 0 aliphatic heterocycles. The highest BCUT2D eigenvalue weighted by Gasteiger charge is 2.11. The van der Waals surface area contributed by atoms with Gasteiger partial charge in [0.1, 0.15) is 12.4 Å². The van der Waals surface area contributed by atoms with Crippen molar-refractivity contribution in [2.24, 2.45) is 5.73 Å². The van der Waals surface area contributed by atoms with Crippen molar-refractivity contribution in [1.82, 2.24) is 0 Å². The fourth-order valence-electron chi connectivity index (χ4n) is 2.94. The lowest BCUT2D eigenvalue weighted by molar-refractivity contribution is 0.328. The number of ether oxygens (including phenoxy) is 1. The summed E-state index contributed by atoms with van der Waals surface area (Å²) in [6.45, 7) is 3.17. The summed E-state index contributed by atoms with van der Waals surface area (Å²) in [4.78, 5) is 0. The average molecular weight is 364 g/mol. The van der Waals surface area contributed by atoms with E-state index in [-0.39, 0.29) is 0 Å². The minimum atomic E-state index is 0.505. The van der Waals surface area contributed by atoms with Gasteiger partial charge >= 0.3 is 0 Å². The molecule has 0 aromatic heterocycles. The highest BCUT2D eigenvalue weighted by atomic mass is 35.5. The number of allylic oxidation sites excluding steroid dienone is 1.